The summed E-state index contributed by atoms with van der Waals surface area (Å²) in [5.41, 5.74) is 4.81. The predicted octanol–water partition coefficient (Wildman–Crippen LogP) is 1.53. The Morgan fingerprint density at radius 3 is 2.56 bits per heavy atom. The van der Waals surface area contributed by atoms with Gasteiger partial charge in [0.25, 0.3) is 0 Å². The van der Waals surface area contributed by atoms with Crippen LogP contribution in [0.4, 0.5) is 4.79 Å². The molecule has 0 radical (unpaired) electrons. The van der Waals surface area contributed by atoms with Crippen molar-refractivity contribution < 1.29 is 9.53 Å². The zero-order chi connectivity index (χ0) is 12.6. The van der Waals surface area contributed by atoms with Crippen molar-refractivity contribution in [3.63, 3.8) is 0 Å². The maximum atomic E-state index is 11.4. The fourth-order valence-corrected chi connectivity index (χ4v) is 1.11. The summed E-state index contributed by atoms with van der Waals surface area (Å²) in [5.74, 6) is 0. The zero-order valence-electron chi connectivity index (χ0n) is 10.2. The Morgan fingerprint density at radius 2 is 2.12 bits per heavy atom. The van der Waals surface area contributed by atoms with Gasteiger partial charge in [-0.25, -0.2) is 4.79 Å². The van der Waals surface area contributed by atoms with Crippen molar-refractivity contribution in [1.29, 1.82) is 5.26 Å². The van der Waals surface area contributed by atoms with Crippen LogP contribution in [0.5, 0.6) is 0 Å². The molecule has 0 aromatic carbocycles. The van der Waals surface area contributed by atoms with Gasteiger partial charge >= 0.3 is 6.09 Å². The van der Waals surface area contributed by atoms with Crippen molar-refractivity contribution in [2.24, 2.45) is 5.73 Å². The molecule has 1 amide bonds. The molecule has 1 atom stereocenters. The van der Waals surface area contributed by atoms with Gasteiger partial charge in [0.15, 0.2) is 0 Å². The highest BCUT2D eigenvalue weighted by molar-refractivity contribution is 5.68. The Kier molecular flexibility index (Phi) is 6.50. The summed E-state index contributed by atoms with van der Waals surface area (Å²) in [6.07, 6.45) is 1.73. The van der Waals surface area contributed by atoms with E-state index in [0.717, 1.165) is 12.8 Å². The van der Waals surface area contributed by atoms with Gasteiger partial charge in [-0.05, 0) is 46.6 Å². The van der Waals surface area contributed by atoms with Gasteiger partial charge in [-0.15, -0.1) is 0 Å². The highest BCUT2D eigenvalue weighted by atomic mass is 16.6. The first kappa shape index (κ1) is 14.7. The number of nitriles is 1. The smallest absolute Gasteiger partial charge is 0.408 e. The van der Waals surface area contributed by atoms with E-state index in [1.54, 1.807) is 20.8 Å². The molecule has 5 nitrogen and oxygen atoms in total. The fraction of sp³-hybridized carbons (Fsp3) is 0.818. The van der Waals surface area contributed by atoms with E-state index in [1.165, 1.54) is 0 Å². The minimum absolute atomic E-state index is 0.499. The normalized spacial score (nSPS) is 12.7. The van der Waals surface area contributed by atoms with Crippen LogP contribution in [0.2, 0.25) is 0 Å². The van der Waals surface area contributed by atoms with E-state index >= 15 is 0 Å². The molecule has 92 valence electrons. The number of hydrogen-bond donors (Lipinski definition) is 2. The quantitative estimate of drug-likeness (QED) is 0.697. The molecule has 3 N–H and O–H groups in total. The van der Waals surface area contributed by atoms with Crippen LogP contribution in [0, 0.1) is 11.3 Å². The monoisotopic (exact) mass is 227 g/mol. The van der Waals surface area contributed by atoms with Crippen LogP contribution in [0.15, 0.2) is 0 Å². The largest absolute Gasteiger partial charge is 0.444 e. The molecule has 5 heteroatoms. The van der Waals surface area contributed by atoms with Gasteiger partial charge in [-0.1, -0.05) is 0 Å². The number of unbranched alkanes of at least 4 members (excludes halogenated alkanes) is 1. The third-order valence-electron chi connectivity index (χ3n) is 1.79. The molecule has 0 aliphatic carbocycles. The Bertz CT molecular complexity index is 253. The molecule has 0 aromatic rings. The number of alkyl carbamates (subject to hydrolysis) is 1. The summed E-state index contributed by atoms with van der Waals surface area (Å²) in [7, 11) is 0. The number of hydrogen-bond acceptors (Lipinski definition) is 4. The first-order chi connectivity index (χ1) is 7.39. The maximum Gasteiger partial charge on any atom is 0.408 e. The average molecular weight is 227 g/mol. The number of amides is 1. The van der Waals surface area contributed by atoms with Gasteiger partial charge in [0.1, 0.15) is 11.6 Å². The van der Waals surface area contributed by atoms with Crippen molar-refractivity contribution in [2.75, 3.05) is 6.54 Å². The SMILES string of the molecule is CC(C)(C)OC(=O)NC(C#N)CCCCN. The highest BCUT2D eigenvalue weighted by Crippen LogP contribution is 2.07. The van der Waals surface area contributed by atoms with E-state index in [-0.39, 0.29) is 0 Å². The second kappa shape index (κ2) is 7.07. The Balaban J connectivity index is 3.94. The van der Waals surface area contributed by atoms with Gasteiger partial charge in [-0.2, -0.15) is 5.26 Å². The average Bonchev–Trinajstić information content (AvgIpc) is 2.13. The summed E-state index contributed by atoms with van der Waals surface area (Å²) in [6.45, 7) is 5.94. The molecule has 0 fully saturated rings. The number of rotatable bonds is 5. The fourth-order valence-electron chi connectivity index (χ4n) is 1.11. The van der Waals surface area contributed by atoms with Crippen LogP contribution in [-0.2, 0) is 4.74 Å². The number of nitrogens with two attached hydrogens (primary N) is 1. The number of carbonyl (C=O) groups is 1. The summed E-state index contributed by atoms with van der Waals surface area (Å²) in [5, 5.41) is 11.3. The van der Waals surface area contributed by atoms with Crippen molar-refractivity contribution in [1.82, 2.24) is 5.32 Å². The van der Waals surface area contributed by atoms with E-state index in [2.05, 4.69) is 5.32 Å². The van der Waals surface area contributed by atoms with Crippen LogP contribution in [-0.4, -0.2) is 24.3 Å². The maximum absolute atomic E-state index is 11.4. The van der Waals surface area contributed by atoms with Crippen LogP contribution in [0.25, 0.3) is 0 Å². The van der Waals surface area contributed by atoms with Crippen LogP contribution in [0.3, 0.4) is 0 Å². The number of nitrogens with zero attached hydrogens (tertiary/aromatic N) is 1. The first-order valence-corrected chi connectivity index (χ1v) is 5.48. The van der Waals surface area contributed by atoms with Crippen molar-refractivity contribution >= 4 is 6.09 Å². The van der Waals surface area contributed by atoms with Gasteiger partial charge in [-0.3, -0.25) is 0 Å². The number of nitrogens with one attached hydrogen (secondary N) is 1. The molecule has 0 heterocycles. The minimum atomic E-state index is -0.549. The molecule has 0 aromatic heterocycles. The molecule has 0 saturated carbocycles. The van der Waals surface area contributed by atoms with Gasteiger partial charge in [0, 0.05) is 0 Å². The predicted molar refractivity (Wildman–Crippen MR) is 61.7 cm³/mol. The second-order valence-corrected chi connectivity index (χ2v) is 4.61. The third-order valence-corrected chi connectivity index (χ3v) is 1.79. The van der Waals surface area contributed by atoms with Crippen LogP contribution in [0.1, 0.15) is 40.0 Å². The molecule has 1 unspecified atom stereocenters. The Morgan fingerprint density at radius 1 is 1.50 bits per heavy atom. The first-order valence-electron chi connectivity index (χ1n) is 5.48. The lowest BCUT2D eigenvalue weighted by Crippen LogP contribution is -2.38. The molecule has 0 rings (SSSR count). The van der Waals surface area contributed by atoms with Crippen molar-refractivity contribution in [2.45, 2.75) is 51.7 Å². The van der Waals surface area contributed by atoms with E-state index in [0.29, 0.717) is 13.0 Å². The topological polar surface area (TPSA) is 88.1 Å². The molecule has 0 bridgehead atoms. The van der Waals surface area contributed by atoms with E-state index in [4.69, 9.17) is 15.7 Å². The zero-order valence-corrected chi connectivity index (χ0v) is 10.2. The molecular weight excluding hydrogens is 206 g/mol. The standard InChI is InChI=1S/C11H21N3O2/c1-11(2,3)16-10(15)14-9(8-13)6-4-5-7-12/h9H,4-7,12H2,1-3H3,(H,14,15). The molecule has 0 spiro atoms. The lowest BCUT2D eigenvalue weighted by Gasteiger charge is -2.21. The van der Waals surface area contributed by atoms with E-state index in [1.807, 2.05) is 6.07 Å². The highest BCUT2D eigenvalue weighted by Gasteiger charge is 2.18. The molecular formula is C11H21N3O2. The Hall–Kier alpha value is -1.28. The summed E-state index contributed by atoms with van der Waals surface area (Å²) >= 11 is 0. The van der Waals surface area contributed by atoms with Crippen LogP contribution >= 0.6 is 0 Å². The molecule has 16 heavy (non-hydrogen) atoms. The molecule has 0 aliphatic rings. The van der Waals surface area contributed by atoms with E-state index < -0.39 is 17.7 Å². The Labute approximate surface area is 96.9 Å². The lowest BCUT2D eigenvalue weighted by atomic mass is 10.1. The lowest BCUT2D eigenvalue weighted by molar-refractivity contribution is 0.0513. The number of ether oxygens (including phenoxy) is 1. The van der Waals surface area contributed by atoms with Gasteiger partial charge in [0.2, 0.25) is 0 Å². The van der Waals surface area contributed by atoms with Gasteiger partial charge < -0.3 is 15.8 Å². The number of carbonyl (C=O) groups excluding carboxylic acids is 1. The molecule has 0 aliphatic heterocycles. The molecule has 0 saturated heterocycles. The van der Waals surface area contributed by atoms with Crippen LogP contribution < -0.4 is 11.1 Å². The third kappa shape index (κ3) is 8.06. The minimum Gasteiger partial charge on any atom is -0.444 e. The van der Waals surface area contributed by atoms with E-state index in [9.17, 15) is 4.79 Å². The van der Waals surface area contributed by atoms with Gasteiger partial charge in [0.05, 0.1) is 6.07 Å². The summed E-state index contributed by atoms with van der Waals surface area (Å²) < 4.78 is 5.05. The van der Waals surface area contributed by atoms with Crippen molar-refractivity contribution in [3.05, 3.63) is 0 Å². The summed E-state index contributed by atoms with van der Waals surface area (Å²) in [4.78, 5) is 11.4. The van der Waals surface area contributed by atoms with Crippen molar-refractivity contribution in [3.8, 4) is 6.07 Å². The summed E-state index contributed by atoms with van der Waals surface area (Å²) in [6, 6.07) is 1.53. The second-order valence-electron chi connectivity index (χ2n) is 4.61.